The molecule has 10 heteroatoms. The summed E-state index contributed by atoms with van der Waals surface area (Å²) in [5.41, 5.74) is 3.55. The first kappa shape index (κ1) is 22.1. The molecular formula is C20H20Cl2N4O3S. The Morgan fingerprint density at radius 2 is 1.77 bits per heavy atom. The van der Waals surface area contributed by atoms with Gasteiger partial charge in [0, 0.05) is 16.3 Å². The third-order valence-corrected chi connectivity index (χ3v) is 5.54. The average Bonchev–Trinajstić information content (AvgIpc) is 2.90. The molecule has 0 saturated heterocycles. The molecule has 0 spiro atoms. The molecule has 1 amide bonds. The van der Waals surface area contributed by atoms with E-state index in [1.807, 2.05) is 13.8 Å². The second-order valence-electron chi connectivity index (χ2n) is 6.80. The lowest BCUT2D eigenvalue weighted by molar-refractivity contribution is -0.115. The quantitative estimate of drug-likeness (QED) is 0.564. The van der Waals surface area contributed by atoms with Gasteiger partial charge in [-0.15, -0.1) is 0 Å². The smallest absolute Gasteiger partial charge is 0.229 e. The first-order chi connectivity index (χ1) is 14.0. The molecule has 3 rings (SSSR count). The number of nitrogens with zero attached hydrogens (tertiary/aromatic N) is 2. The van der Waals surface area contributed by atoms with Gasteiger partial charge in [0.15, 0.2) is 0 Å². The minimum Gasteiger partial charge on any atom is -0.324 e. The largest absolute Gasteiger partial charge is 0.324 e. The van der Waals surface area contributed by atoms with Crippen molar-refractivity contribution in [2.45, 2.75) is 20.3 Å². The number of sulfonamides is 1. The van der Waals surface area contributed by atoms with Crippen molar-refractivity contribution in [3.05, 3.63) is 69.5 Å². The van der Waals surface area contributed by atoms with Crippen LogP contribution in [-0.2, 0) is 21.2 Å². The van der Waals surface area contributed by atoms with Gasteiger partial charge in [0.2, 0.25) is 15.9 Å². The SMILES string of the molecule is Cc1nn(-c2ccc(Cl)cc2Cl)c(C)c1CC(=O)Nc1ccccc1NS(C)(=O)=O. The summed E-state index contributed by atoms with van der Waals surface area (Å²) in [4.78, 5) is 12.7. The van der Waals surface area contributed by atoms with Crippen molar-refractivity contribution in [1.82, 2.24) is 9.78 Å². The van der Waals surface area contributed by atoms with Gasteiger partial charge in [-0.3, -0.25) is 9.52 Å². The third kappa shape index (κ3) is 5.13. The van der Waals surface area contributed by atoms with Crippen LogP contribution in [0, 0.1) is 13.8 Å². The molecule has 0 fully saturated rings. The van der Waals surface area contributed by atoms with Crippen LogP contribution in [0.3, 0.4) is 0 Å². The highest BCUT2D eigenvalue weighted by molar-refractivity contribution is 7.92. The molecule has 0 saturated carbocycles. The number of anilines is 2. The van der Waals surface area contributed by atoms with Crippen LogP contribution in [0.2, 0.25) is 10.0 Å². The number of amides is 1. The predicted molar refractivity (Wildman–Crippen MR) is 120 cm³/mol. The summed E-state index contributed by atoms with van der Waals surface area (Å²) in [6, 6.07) is 11.7. The van der Waals surface area contributed by atoms with E-state index in [2.05, 4.69) is 15.1 Å². The van der Waals surface area contributed by atoms with Crippen LogP contribution in [0.1, 0.15) is 17.0 Å². The van der Waals surface area contributed by atoms with Crippen molar-refractivity contribution >= 4 is 50.5 Å². The Morgan fingerprint density at radius 3 is 2.40 bits per heavy atom. The van der Waals surface area contributed by atoms with E-state index in [0.29, 0.717) is 32.8 Å². The Bertz CT molecular complexity index is 1220. The molecule has 0 aliphatic rings. The van der Waals surface area contributed by atoms with Crippen LogP contribution in [-0.4, -0.2) is 30.4 Å². The monoisotopic (exact) mass is 466 g/mol. The molecule has 0 radical (unpaired) electrons. The molecule has 30 heavy (non-hydrogen) atoms. The van der Waals surface area contributed by atoms with Crippen LogP contribution >= 0.6 is 23.2 Å². The van der Waals surface area contributed by atoms with Gasteiger partial charge in [0.25, 0.3) is 0 Å². The van der Waals surface area contributed by atoms with Crippen molar-refractivity contribution in [3.8, 4) is 5.69 Å². The molecule has 2 aromatic carbocycles. The van der Waals surface area contributed by atoms with Gasteiger partial charge < -0.3 is 5.32 Å². The second kappa shape index (κ2) is 8.67. The average molecular weight is 467 g/mol. The lowest BCUT2D eigenvalue weighted by atomic mass is 10.1. The molecule has 7 nitrogen and oxygen atoms in total. The van der Waals surface area contributed by atoms with Crippen molar-refractivity contribution in [1.29, 1.82) is 0 Å². The first-order valence-electron chi connectivity index (χ1n) is 8.92. The summed E-state index contributed by atoms with van der Waals surface area (Å²) >= 11 is 12.3. The molecular weight excluding hydrogens is 447 g/mol. The number of nitrogens with one attached hydrogen (secondary N) is 2. The molecule has 1 aromatic heterocycles. The van der Waals surface area contributed by atoms with Crippen LogP contribution < -0.4 is 10.0 Å². The molecule has 0 aliphatic heterocycles. The van der Waals surface area contributed by atoms with E-state index in [-0.39, 0.29) is 12.3 Å². The number of halogens is 2. The van der Waals surface area contributed by atoms with Crippen molar-refractivity contribution < 1.29 is 13.2 Å². The number of carbonyl (C=O) groups is 1. The zero-order valence-electron chi connectivity index (χ0n) is 16.5. The van der Waals surface area contributed by atoms with E-state index in [9.17, 15) is 13.2 Å². The molecule has 158 valence electrons. The van der Waals surface area contributed by atoms with Crippen LogP contribution in [0.15, 0.2) is 42.5 Å². The van der Waals surface area contributed by atoms with Crippen LogP contribution in [0.4, 0.5) is 11.4 Å². The molecule has 3 aromatic rings. The fourth-order valence-corrected chi connectivity index (χ4v) is 4.12. The Morgan fingerprint density at radius 1 is 1.10 bits per heavy atom. The van der Waals surface area contributed by atoms with Crippen LogP contribution in [0.5, 0.6) is 0 Å². The van der Waals surface area contributed by atoms with Gasteiger partial charge in [-0.25, -0.2) is 13.1 Å². The summed E-state index contributed by atoms with van der Waals surface area (Å²) in [7, 11) is -3.48. The fourth-order valence-electron chi connectivity index (χ4n) is 3.05. The fraction of sp³-hybridized carbons (Fsp3) is 0.200. The number of benzene rings is 2. The Balaban J connectivity index is 1.84. The summed E-state index contributed by atoms with van der Waals surface area (Å²) in [5, 5.41) is 8.24. The lowest BCUT2D eigenvalue weighted by Crippen LogP contribution is -2.18. The summed E-state index contributed by atoms with van der Waals surface area (Å²) < 4.78 is 27.2. The number of para-hydroxylation sites is 2. The Hall–Kier alpha value is -2.55. The molecule has 2 N–H and O–H groups in total. The van der Waals surface area contributed by atoms with Crippen molar-refractivity contribution in [3.63, 3.8) is 0 Å². The first-order valence-corrected chi connectivity index (χ1v) is 11.6. The van der Waals surface area contributed by atoms with Gasteiger partial charge >= 0.3 is 0 Å². The Kier molecular flexibility index (Phi) is 6.40. The lowest BCUT2D eigenvalue weighted by Gasteiger charge is -2.12. The van der Waals surface area contributed by atoms with E-state index < -0.39 is 10.0 Å². The number of hydrogen-bond acceptors (Lipinski definition) is 4. The molecule has 0 unspecified atom stereocenters. The maximum absolute atomic E-state index is 12.7. The number of rotatable bonds is 6. The number of aryl methyl sites for hydroxylation is 1. The van der Waals surface area contributed by atoms with Gasteiger partial charge in [-0.1, -0.05) is 35.3 Å². The van der Waals surface area contributed by atoms with Gasteiger partial charge in [-0.05, 0) is 44.2 Å². The zero-order valence-corrected chi connectivity index (χ0v) is 18.9. The van der Waals surface area contributed by atoms with Crippen molar-refractivity contribution in [2.75, 3.05) is 16.3 Å². The minimum atomic E-state index is -3.48. The van der Waals surface area contributed by atoms with Gasteiger partial charge in [0.05, 0.1) is 40.5 Å². The Labute approximate surface area is 185 Å². The number of hydrogen-bond donors (Lipinski definition) is 2. The summed E-state index contributed by atoms with van der Waals surface area (Å²) in [6.45, 7) is 3.67. The summed E-state index contributed by atoms with van der Waals surface area (Å²) in [5.74, 6) is -0.300. The van der Waals surface area contributed by atoms with Gasteiger partial charge in [0.1, 0.15) is 0 Å². The molecule has 0 bridgehead atoms. The van der Waals surface area contributed by atoms with E-state index in [1.165, 1.54) is 0 Å². The second-order valence-corrected chi connectivity index (χ2v) is 9.39. The van der Waals surface area contributed by atoms with Crippen molar-refractivity contribution in [2.24, 2.45) is 0 Å². The highest BCUT2D eigenvalue weighted by atomic mass is 35.5. The minimum absolute atomic E-state index is 0.0656. The van der Waals surface area contributed by atoms with Gasteiger partial charge in [-0.2, -0.15) is 5.10 Å². The predicted octanol–water partition coefficient (Wildman–Crippen LogP) is 4.35. The number of carbonyl (C=O) groups excluding carboxylic acids is 1. The normalized spacial score (nSPS) is 11.4. The van der Waals surface area contributed by atoms with E-state index in [4.69, 9.17) is 23.2 Å². The standard InChI is InChI=1S/C20H20Cl2N4O3S/c1-12-15(13(2)26(24-12)19-9-8-14(21)10-16(19)22)11-20(27)23-17-6-4-5-7-18(17)25-30(3,28)29/h4-10,25H,11H2,1-3H3,(H,23,27). The molecule has 0 atom stereocenters. The zero-order chi connectivity index (χ0) is 22.1. The van der Waals surface area contributed by atoms with E-state index >= 15 is 0 Å². The van der Waals surface area contributed by atoms with Crippen LogP contribution in [0.25, 0.3) is 5.69 Å². The highest BCUT2D eigenvalue weighted by Crippen LogP contribution is 2.27. The maximum atomic E-state index is 12.7. The topological polar surface area (TPSA) is 93.1 Å². The molecule has 0 aliphatic carbocycles. The van der Waals surface area contributed by atoms with E-state index in [1.54, 1.807) is 47.1 Å². The summed E-state index contributed by atoms with van der Waals surface area (Å²) in [6.07, 6.45) is 1.12. The molecule has 1 heterocycles. The highest BCUT2D eigenvalue weighted by Gasteiger charge is 2.18. The van der Waals surface area contributed by atoms with E-state index in [0.717, 1.165) is 17.5 Å². The maximum Gasteiger partial charge on any atom is 0.229 e. The number of aromatic nitrogens is 2. The third-order valence-electron chi connectivity index (χ3n) is 4.41.